The normalized spacial score (nSPS) is 21.1. The first kappa shape index (κ1) is 14.5. The van der Waals surface area contributed by atoms with Gasteiger partial charge in [0.25, 0.3) is 0 Å². The van der Waals surface area contributed by atoms with Gasteiger partial charge in [-0.05, 0) is 26.8 Å². The monoisotopic (exact) mass is 257 g/mol. The Morgan fingerprint density at radius 2 is 2.11 bits per heavy atom. The second-order valence-corrected chi connectivity index (χ2v) is 5.03. The van der Waals surface area contributed by atoms with Crippen molar-refractivity contribution in [1.29, 1.82) is 0 Å². The molecule has 1 rings (SSSR count). The van der Waals surface area contributed by atoms with Gasteiger partial charge in [-0.15, -0.1) is 0 Å². The number of carbonyl (C=O) groups excluding carboxylic acids is 1. The van der Waals surface area contributed by atoms with E-state index in [1.54, 1.807) is 20.8 Å². The minimum atomic E-state index is -0.978. The van der Waals surface area contributed by atoms with Crippen molar-refractivity contribution in [2.24, 2.45) is 0 Å². The number of nitrogens with zero attached hydrogens (tertiary/aromatic N) is 1. The van der Waals surface area contributed by atoms with Crippen LogP contribution in [0.4, 0.5) is 4.79 Å². The second kappa shape index (κ2) is 5.86. The van der Waals surface area contributed by atoms with Crippen molar-refractivity contribution in [3.8, 4) is 0 Å². The summed E-state index contributed by atoms with van der Waals surface area (Å²) in [5, 5.41) is 8.84. The van der Waals surface area contributed by atoms with Gasteiger partial charge in [0.15, 0.2) is 0 Å². The lowest BCUT2D eigenvalue weighted by molar-refractivity contribution is -0.148. The molecular formula is C12H19NO5. The van der Waals surface area contributed by atoms with E-state index in [1.165, 1.54) is 17.1 Å². The summed E-state index contributed by atoms with van der Waals surface area (Å²) in [5.74, 6) is -0.460. The van der Waals surface area contributed by atoms with Crippen molar-refractivity contribution in [2.75, 3.05) is 19.7 Å². The second-order valence-electron chi connectivity index (χ2n) is 5.03. The van der Waals surface area contributed by atoms with E-state index in [-0.39, 0.29) is 6.54 Å². The van der Waals surface area contributed by atoms with Gasteiger partial charge in [0.1, 0.15) is 5.60 Å². The number of morpholine rings is 1. The van der Waals surface area contributed by atoms with Crippen LogP contribution in [-0.2, 0) is 14.3 Å². The molecule has 6 nitrogen and oxygen atoms in total. The molecule has 1 aliphatic heterocycles. The molecule has 0 radical (unpaired) electrons. The molecule has 1 heterocycles. The SMILES string of the molecule is CC(C)(C)OC(=O)C=CC1CN(C(=O)O)CCO1. The summed E-state index contributed by atoms with van der Waals surface area (Å²) in [7, 11) is 0. The average molecular weight is 257 g/mol. The van der Waals surface area contributed by atoms with Crippen LogP contribution in [0.15, 0.2) is 12.2 Å². The van der Waals surface area contributed by atoms with Crippen molar-refractivity contribution in [2.45, 2.75) is 32.5 Å². The van der Waals surface area contributed by atoms with Crippen LogP contribution in [0.2, 0.25) is 0 Å². The third-order valence-electron chi connectivity index (χ3n) is 2.22. The molecule has 1 aliphatic rings. The lowest BCUT2D eigenvalue weighted by Gasteiger charge is -2.29. The maximum absolute atomic E-state index is 11.4. The van der Waals surface area contributed by atoms with Gasteiger partial charge in [-0.3, -0.25) is 0 Å². The highest BCUT2D eigenvalue weighted by Gasteiger charge is 2.22. The number of amides is 1. The van der Waals surface area contributed by atoms with Crippen LogP contribution in [0, 0.1) is 0 Å². The fourth-order valence-corrected chi connectivity index (χ4v) is 1.49. The average Bonchev–Trinajstić information content (AvgIpc) is 2.24. The summed E-state index contributed by atoms with van der Waals surface area (Å²) in [6, 6.07) is 0. The van der Waals surface area contributed by atoms with E-state index in [0.717, 1.165) is 0 Å². The lowest BCUT2D eigenvalue weighted by atomic mass is 10.2. The van der Waals surface area contributed by atoms with Gasteiger partial charge in [-0.2, -0.15) is 0 Å². The molecular weight excluding hydrogens is 238 g/mol. The first-order valence-electron chi connectivity index (χ1n) is 5.78. The number of hydrogen-bond donors (Lipinski definition) is 1. The summed E-state index contributed by atoms with van der Waals surface area (Å²) in [4.78, 5) is 23.5. The summed E-state index contributed by atoms with van der Waals surface area (Å²) in [6.45, 7) is 6.25. The molecule has 18 heavy (non-hydrogen) atoms. The number of hydrogen-bond acceptors (Lipinski definition) is 4. The van der Waals surface area contributed by atoms with Crippen LogP contribution in [0.1, 0.15) is 20.8 Å². The number of ether oxygens (including phenoxy) is 2. The highest BCUT2D eigenvalue weighted by atomic mass is 16.6. The quantitative estimate of drug-likeness (QED) is 0.595. The first-order chi connectivity index (χ1) is 8.28. The fraction of sp³-hybridized carbons (Fsp3) is 0.667. The summed E-state index contributed by atoms with van der Waals surface area (Å²) in [6.07, 6.45) is 1.43. The Morgan fingerprint density at radius 3 is 2.67 bits per heavy atom. The molecule has 0 spiro atoms. The number of rotatable bonds is 2. The Morgan fingerprint density at radius 1 is 1.44 bits per heavy atom. The van der Waals surface area contributed by atoms with E-state index < -0.39 is 23.8 Å². The summed E-state index contributed by atoms with van der Waals surface area (Å²) in [5.41, 5.74) is -0.540. The third-order valence-corrected chi connectivity index (χ3v) is 2.22. The van der Waals surface area contributed by atoms with E-state index in [2.05, 4.69) is 0 Å². The van der Waals surface area contributed by atoms with Crippen molar-refractivity contribution in [3.63, 3.8) is 0 Å². The van der Waals surface area contributed by atoms with Gasteiger partial charge in [-0.25, -0.2) is 9.59 Å². The molecule has 0 bridgehead atoms. The summed E-state index contributed by atoms with van der Waals surface area (Å²) < 4.78 is 10.4. The van der Waals surface area contributed by atoms with Crippen LogP contribution in [0.5, 0.6) is 0 Å². The van der Waals surface area contributed by atoms with Gasteiger partial charge in [0, 0.05) is 12.6 Å². The van der Waals surface area contributed by atoms with Crippen LogP contribution < -0.4 is 0 Å². The lowest BCUT2D eigenvalue weighted by Crippen LogP contribution is -2.44. The Balaban J connectivity index is 2.46. The standard InChI is InChI=1S/C12H19NO5/c1-12(2,3)18-10(14)5-4-9-8-13(11(15)16)6-7-17-9/h4-5,9H,6-8H2,1-3H3,(H,15,16). The maximum Gasteiger partial charge on any atom is 0.407 e. The Labute approximate surface area is 106 Å². The Kier molecular flexibility index (Phi) is 4.72. The van der Waals surface area contributed by atoms with Crippen LogP contribution in [-0.4, -0.2) is 53.5 Å². The van der Waals surface area contributed by atoms with Gasteiger partial charge in [0.05, 0.1) is 19.3 Å². The smallest absolute Gasteiger partial charge is 0.407 e. The molecule has 1 unspecified atom stereocenters. The number of carbonyl (C=O) groups is 2. The molecule has 1 saturated heterocycles. The summed E-state index contributed by atoms with van der Waals surface area (Å²) >= 11 is 0. The Hall–Kier alpha value is -1.56. The number of esters is 1. The van der Waals surface area contributed by atoms with E-state index in [1.807, 2.05) is 0 Å². The van der Waals surface area contributed by atoms with Crippen molar-refractivity contribution >= 4 is 12.1 Å². The topological polar surface area (TPSA) is 76.1 Å². The maximum atomic E-state index is 11.4. The molecule has 0 aliphatic carbocycles. The molecule has 1 amide bonds. The predicted octanol–water partition coefficient (Wildman–Crippen LogP) is 1.26. The molecule has 0 aromatic rings. The molecule has 1 fully saturated rings. The minimum absolute atomic E-state index is 0.231. The Bertz CT molecular complexity index is 345. The van der Waals surface area contributed by atoms with Crippen LogP contribution >= 0.6 is 0 Å². The molecule has 6 heteroatoms. The van der Waals surface area contributed by atoms with Crippen LogP contribution in [0.25, 0.3) is 0 Å². The first-order valence-corrected chi connectivity index (χ1v) is 5.78. The molecule has 1 atom stereocenters. The molecule has 0 saturated carbocycles. The zero-order valence-electron chi connectivity index (χ0n) is 10.9. The van der Waals surface area contributed by atoms with E-state index in [9.17, 15) is 9.59 Å². The van der Waals surface area contributed by atoms with Crippen molar-refractivity contribution < 1.29 is 24.2 Å². The third kappa shape index (κ3) is 5.18. The largest absolute Gasteiger partial charge is 0.465 e. The van der Waals surface area contributed by atoms with Crippen molar-refractivity contribution in [3.05, 3.63) is 12.2 Å². The van der Waals surface area contributed by atoms with Gasteiger partial charge >= 0.3 is 12.1 Å². The fourth-order valence-electron chi connectivity index (χ4n) is 1.49. The zero-order valence-corrected chi connectivity index (χ0v) is 10.9. The number of carboxylic acid groups (broad SMARTS) is 1. The minimum Gasteiger partial charge on any atom is -0.465 e. The molecule has 0 aromatic heterocycles. The zero-order chi connectivity index (χ0) is 13.8. The predicted molar refractivity (Wildman–Crippen MR) is 64.3 cm³/mol. The van der Waals surface area contributed by atoms with E-state index in [0.29, 0.717) is 13.2 Å². The van der Waals surface area contributed by atoms with Gasteiger partial charge < -0.3 is 19.5 Å². The van der Waals surface area contributed by atoms with E-state index in [4.69, 9.17) is 14.6 Å². The van der Waals surface area contributed by atoms with E-state index >= 15 is 0 Å². The molecule has 102 valence electrons. The highest BCUT2D eigenvalue weighted by molar-refractivity contribution is 5.82. The molecule has 0 aromatic carbocycles. The van der Waals surface area contributed by atoms with Gasteiger partial charge in [0.2, 0.25) is 0 Å². The molecule has 1 N–H and O–H groups in total. The van der Waals surface area contributed by atoms with Crippen molar-refractivity contribution in [1.82, 2.24) is 4.90 Å². The van der Waals surface area contributed by atoms with Gasteiger partial charge in [-0.1, -0.05) is 0 Å². The van der Waals surface area contributed by atoms with Crippen LogP contribution in [0.3, 0.4) is 0 Å². The highest BCUT2D eigenvalue weighted by Crippen LogP contribution is 2.09.